The van der Waals surface area contributed by atoms with Gasteiger partial charge in [0.05, 0.1) is 6.42 Å². The van der Waals surface area contributed by atoms with Gasteiger partial charge in [-0.2, -0.15) is 13.2 Å². The van der Waals surface area contributed by atoms with Gasteiger partial charge in [0.1, 0.15) is 0 Å². The van der Waals surface area contributed by atoms with E-state index < -0.39 is 12.6 Å². The van der Waals surface area contributed by atoms with Crippen LogP contribution in [0, 0.1) is 0 Å². The van der Waals surface area contributed by atoms with E-state index in [2.05, 4.69) is 0 Å². The molecular weight excluding hydrogens is 237 g/mol. The molecule has 0 atom stereocenters. The number of benzene rings is 1. The van der Waals surface area contributed by atoms with Crippen molar-refractivity contribution in [1.29, 1.82) is 0 Å². The first-order valence-electron chi connectivity index (χ1n) is 5.26. The van der Waals surface area contributed by atoms with Gasteiger partial charge in [0.25, 0.3) is 0 Å². The van der Waals surface area contributed by atoms with Crippen molar-refractivity contribution in [2.75, 3.05) is 0 Å². The molecule has 4 heteroatoms. The monoisotopic (exact) mass is 252 g/mol. The van der Waals surface area contributed by atoms with Crippen LogP contribution >= 0.6 is 11.6 Å². The first-order chi connectivity index (χ1) is 7.42. The van der Waals surface area contributed by atoms with Gasteiger partial charge in [-0.3, -0.25) is 0 Å². The first kappa shape index (κ1) is 15.3. The minimum atomic E-state index is -4.20. The van der Waals surface area contributed by atoms with Crippen molar-refractivity contribution in [2.24, 2.45) is 0 Å². The molecule has 1 aromatic carbocycles. The maximum absolute atomic E-state index is 12.0. The largest absolute Gasteiger partial charge is 0.393 e. The molecular formula is C12H16ClF3. The average Bonchev–Trinajstić information content (AvgIpc) is 2.22. The molecule has 0 heterocycles. The predicted octanol–water partition coefficient (Wildman–Crippen LogP) is 5.03. The van der Waals surface area contributed by atoms with E-state index >= 15 is 0 Å². The highest BCUT2D eigenvalue weighted by Gasteiger charge is 2.28. The molecule has 0 N–H and O–H groups in total. The summed E-state index contributed by atoms with van der Waals surface area (Å²) in [5.41, 5.74) is 1.08. The molecule has 0 saturated heterocycles. The molecule has 0 spiro atoms. The molecule has 0 bridgehead atoms. The van der Waals surface area contributed by atoms with Crippen LogP contribution in [-0.2, 0) is 12.8 Å². The van der Waals surface area contributed by atoms with E-state index in [0.717, 1.165) is 12.0 Å². The van der Waals surface area contributed by atoms with Crippen LogP contribution in [0.2, 0.25) is 5.02 Å². The predicted molar refractivity (Wildman–Crippen MR) is 61.9 cm³/mol. The smallest absolute Gasteiger partial charge is 0.171 e. The Balaban J connectivity index is 0.00000106. The van der Waals surface area contributed by atoms with E-state index in [1.165, 1.54) is 6.07 Å². The number of aryl methyl sites for hydroxylation is 1. The van der Waals surface area contributed by atoms with Crippen LogP contribution < -0.4 is 0 Å². The summed E-state index contributed by atoms with van der Waals surface area (Å²) < 4.78 is 36.1. The number of hydrogen-bond acceptors (Lipinski definition) is 0. The van der Waals surface area contributed by atoms with Crippen LogP contribution in [0.1, 0.15) is 31.9 Å². The molecule has 1 rings (SSSR count). The second kappa shape index (κ2) is 6.79. The fraction of sp³-hybridized carbons (Fsp3) is 0.500. The van der Waals surface area contributed by atoms with Gasteiger partial charge >= 0.3 is 6.18 Å². The number of alkyl halides is 3. The quantitative estimate of drug-likeness (QED) is 0.692. The Kier molecular flexibility index (Phi) is 6.49. The lowest BCUT2D eigenvalue weighted by Crippen LogP contribution is -2.11. The van der Waals surface area contributed by atoms with Crippen molar-refractivity contribution < 1.29 is 13.2 Å². The molecule has 0 aliphatic rings. The molecule has 0 aliphatic heterocycles. The van der Waals surface area contributed by atoms with Crippen LogP contribution in [0.25, 0.3) is 0 Å². The van der Waals surface area contributed by atoms with Gasteiger partial charge in [-0.25, -0.2) is 0 Å². The molecule has 0 saturated carbocycles. The number of halogens is 4. The van der Waals surface area contributed by atoms with Gasteiger partial charge in [0.15, 0.2) is 0 Å². The highest BCUT2D eigenvalue weighted by Crippen LogP contribution is 2.26. The van der Waals surface area contributed by atoms with Crippen LogP contribution in [0.4, 0.5) is 13.2 Å². The highest BCUT2D eigenvalue weighted by molar-refractivity contribution is 6.31. The van der Waals surface area contributed by atoms with Crippen LogP contribution in [0.15, 0.2) is 18.2 Å². The fourth-order valence-corrected chi connectivity index (χ4v) is 1.44. The minimum Gasteiger partial charge on any atom is -0.171 e. The zero-order chi connectivity index (χ0) is 12.8. The summed E-state index contributed by atoms with van der Waals surface area (Å²) in [5, 5.41) is 0.196. The Morgan fingerprint density at radius 3 is 2.12 bits per heavy atom. The van der Waals surface area contributed by atoms with E-state index in [1.807, 2.05) is 20.8 Å². The number of hydrogen-bond donors (Lipinski definition) is 0. The Hall–Kier alpha value is -0.700. The first-order valence-corrected chi connectivity index (χ1v) is 5.64. The zero-order valence-electron chi connectivity index (χ0n) is 9.66. The third kappa shape index (κ3) is 5.40. The fourth-order valence-electron chi connectivity index (χ4n) is 1.17. The second-order valence-corrected chi connectivity index (χ2v) is 3.48. The normalized spacial score (nSPS) is 10.7. The van der Waals surface area contributed by atoms with Crippen LogP contribution in [0.3, 0.4) is 0 Å². The third-order valence-electron chi connectivity index (χ3n) is 1.92. The lowest BCUT2D eigenvalue weighted by atomic mass is 10.1. The summed E-state index contributed by atoms with van der Waals surface area (Å²) in [7, 11) is 0. The molecule has 0 radical (unpaired) electrons. The van der Waals surface area contributed by atoms with E-state index in [-0.39, 0.29) is 10.6 Å². The van der Waals surface area contributed by atoms with Crippen LogP contribution in [0.5, 0.6) is 0 Å². The molecule has 1 aromatic rings. The Bertz CT molecular complexity index is 319. The maximum atomic E-state index is 12.0. The molecule has 0 nitrogen and oxygen atoms in total. The molecule has 0 amide bonds. The van der Waals surface area contributed by atoms with Gasteiger partial charge in [0, 0.05) is 5.02 Å². The average molecular weight is 253 g/mol. The highest BCUT2D eigenvalue weighted by atomic mass is 35.5. The van der Waals surface area contributed by atoms with Crippen molar-refractivity contribution >= 4 is 11.6 Å². The standard InChI is InChI=1S/C10H10ClF3.C2H6/c1-2-7-3-4-8(9(11)5-7)6-10(12,13)14;1-2/h3-5H,2,6H2,1H3;1-2H3. The summed E-state index contributed by atoms with van der Waals surface area (Å²) in [4.78, 5) is 0. The summed E-state index contributed by atoms with van der Waals surface area (Å²) in [5.74, 6) is 0. The zero-order valence-corrected chi connectivity index (χ0v) is 10.4. The van der Waals surface area contributed by atoms with Crippen molar-refractivity contribution in [3.05, 3.63) is 34.3 Å². The molecule has 92 valence electrons. The van der Waals surface area contributed by atoms with Crippen molar-refractivity contribution in [3.8, 4) is 0 Å². The van der Waals surface area contributed by atoms with Crippen molar-refractivity contribution in [2.45, 2.75) is 39.8 Å². The summed E-state index contributed by atoms with van der Waals surface area (Å²) in [6.07, 6.45) is -4.39. The maximum Gasteiger partial charge on any atom is 0.393 e. The summed E-state index contributed by atoms with van der Waals surface area (Å²) in [6.45, 7) is 5.93. The van der Waals surface area contributed by atoms with Crippen molar-refractivity contribution in [3.63, 3.8) is 0 Å². The van der Waals surface area contributed by atoms with Gasteiger partial charge in [0.2, 0.25) is 0 Å². The Morgan fingerprint density at radius 1 is 1.19 bits per heavy atom. The second-order valence-electron chi connectivity index (χ2n) is 3.07. The molecule has 0 fully saturated rings. The third-order valence-corrected chi connectivity index (χ3v) is 2.27. The Labute approximate surface area is 99.4 Å². The molecule has 0 aromatic heterocycles. The topological polar surface area (TPSA) is 0 Å². The minimum absolute atomic E-state index is 0.136. The van der Waals surface area contributed by atoms with Gasteiger partial charge in [-0.05, 0) is 23.6 Å². The van der Waals surface area contributed by atoms with E-state index in [9.17, 15) is 13.2 Å². The van der Waals surface area contributed by atoms with E-state index in [4.69, 9.17) is 11.6 Å². The van der Waals surface area contributed by atoms with E-state index in [0.29, 0.717) is 0 Å². The van der Waals surface area contributed by atoms with E-state index in [1.54, 1.807) is 12.1 Å². The van der Waals surface area contributed by atoms with Gasteiger partial charge < -0.3 is 0 Å². The van der Waals surface area contributed by atoms with Gasteiger partial charge in [-0.1, -0.05) is 44.5 Å². The molecule has 0 unspecified atom stereocenters. The molecule has 16 heavy (non-hydrogen) atoms. The summed E-state index contributed by atoms with van der Waals surface area (Å²) in [6, 6.07) is 4.70. The van der Waals surface area contributed by atoms with Crippen LogP contribution in [-0.4, -0.2) is 6.18 Å². The molecule has 0 aliphatic carbocycles. The lowest BCUT2D eigenvalue weighted by molar-refractivity contribution is -0.127. The van der Waals surface area contributed by atoms with Crippen molar-refractivity contribution in [1.82, 2.24) is 0 Å². The SMILES string of the molecule is CC.CCc1ccc(CC(F)(F)F)c(Cl)c1. The van der Waals surface area contributed by atoms with Gasteiger partial charge in [-0.15, -0.1) is 0 Å². The number of rotatable bonds is 2. The summed E-state index contributed by atoms with van der Waals surface area (Å²) >= 11 is 5.71. The lowest BCUT2D eigenvalue weighted by Gasteiger charge is -2.08. The Morgan fingerprint density at radius 2 is 1.75 bits per heavy atom.